The number of ether oxygens (including phenoxy) is 2. The molecule has 1 aliphatic carbocycles. The van der Waals surface area contributed by atoms with E-state index >= 15 is 0 Å². The number of nitrogens with zero attached hydrogens (tertiary/aromatic N) is 1. The van der Waals surface area contributed by atoms with E-state index in [2.05, 4.69) is 14.7 Å². The van der Waals surface area contributed by atoms with Crippen molar-refractivity contribution >= 4 is 40.3 Å². The zero-order chi connectivity index (χ0) is 19.7. The molecule has 0 spiro atoms. The van der Waals surface area contributed by atoms with Crippen molar-refractivity contribution in [3.8, 4) is 11.5 Å². The van der Waals surface area contributed by atoms with E-state index in [4.69, 9.17) is 21.1 Å². The molecule has 0 atom stereocenters. The second kappa shape index (κ2) is 8.00. The van der Waals surface area contributed by atoms with E-state index in [9.17, 15) is 13.2 Å². The van der Waals surface area contributed by atoms with Gasteiger partial charge in [-0.25, -0.2) is 8.78 Å². The number of anilines is 1. The summed E-state index contributed by atoms with van der Waals surface area (Å²) in [5.41, 5.74) is 0.735. The van der Waals surface area contributed by atoms with Gasteiger partial charge in [0.1, 0.15) is 13.3 Å². The average Bonchev–Trinajstić information content (AvgIpc) is 3.41. The molecule has 1 fully saturated rings. The third-order valence-electron chi connectivity index (χ3n) is 4.02. The van der Waals surface area contributed by atoms with Crippen molar-refractivity contribution in [2.24, 2.45) is 0 Å². The lowest BCUT2D eigenvalue weighted by molar-refractivity contribution is 0.258. The van der Waals surface area contributed by atoms with E-state index in [1.54, 1.807) is 12.3 Å². The van der Waals surface area contributed by atoms with Crippen molar-refractivity contribution in [3.63, 3.8) is 0 Å². The number of benzene rings is 1. The molecule has 2 N–H and O–H groups in total. The number of H-pyrrole nitrogens is 1. The van der Waals surface area contributed by atoms with Crippen LogP contribution in [0.3, 0.4) is 0 Å². The molecule has 10 heteroatoms. The highest BCUT2D eigenvalue weighted by atomic mass is 35.5. The van der Waals surface area contributed by atoms with Gasteiger partial charge in [0.25, 0.3) is 5.95 Å². The van der Waals surface area contributed by atoms with Crippen LogP contribution in [0.5, 0.6) is 11.5 Å². The van der Waals surface area contributed by atoms with Crippen LogP contribution in [0.4, 0.5) is 19.0 Å². The summed E-state index contributed by atoms with van der Waals surface area (Å²) in [7, 11) is 0. The van der Waals surface area contributed by atoms with Crippen LogP contribution in [0.25, 0.3) is 10.9 Å². The summed E-state index contributed by atoms with van der Waals surface area (Å²) in [6.45, 7) is -1.18. The van der Waals surface area contributed by atoms with Crippen molar-refractivity contribution in [3.05, 3.63) is 41.2 Å². The van der Waals surface area contributed by atoms with Crippen molar-refractivity contribution in [2.75, 3.05) is 18.0 Å². The largest absolute Gasteiger partial charge is 0.487 e. The molecular weight excluding hydrogens is 415 g/mol. The lowest BCUT2D eigenvalue weighted by atomic mass is 10.2. The van der Waals surface area contributed by atoms with Gasteiger partial charge in [-0.2, -0.15) is 9.37 Å². The number of nitrogens with one attached hydrogen (secondary N) is 2. The fourth-order valence-electron chi connectivity index (χ4n) is 2.55. The number of aromatic amines is 1. The standard InChI is InChI=1S/C18H15ClF3N3O2S/c19-11-4-3-10-14(8-23-15(10)16(11)27-9-1-2-9)28-25-18-12(21)7-13(17(22)24-18)26-6-5-20/h3-4,7-9,23H,1-2,5-6H2,(H,24,25). The summed E-state index contributed by atoms with van der Waals surface area (Å²) in [5.74, 6) is -1.99. The number of hydrogen-bond donors (Lipinski definition) is 2. The molecule has 1 aliphatic rings. The Morgan fingerprint density at radius 1 is 1.32 bits per heavy atom. The molecule has 0 bridgehead atoms. The van der Waals surface area contributed by atoms with Crippen LogP contribution in [-0.2, 0) is 0 Å². The first-order valence-corrected chi connectivity index (χ1v) is 9.70. The van der Waals surface area contributed by atoms with Gasteiger partial charge in [0.15, 0.2) is 23.1 Å². The fourth-order valence-corrected chi connectivity index (χ4v) is 3.50. The number of rotatable bonds is 8. The number of fused-ring (bicyclic) bond motifs is 1. The minimum atomic E-state index is -1.02. The van der Waals surface area contributed by atoms with E-state index in [1.165, 1.54) is 0 Å². The molecule has 0 radical (unpaired) electrons. The Bertz CT molecular complexity index is 1010. The van der Waals surface area contributed by atoms with Gasteiger partial charge in [0.2, 0.25) is 0 Å². The molecule has 2 heterocycles. The van der Waals surface area contributed by atoms with Crippen molar-refractivity contribution in [1.82, 2.24) is 9.97 Å². The highest BCUT2D eigenvalue weighted by Gasteiger charge is 2.26. The Morgan fingerprint density at radius 2 is 2.14 bits per heavy atom. The maximum absolute atomic E-state index is 14.1. The van der Waals surface area contributed by atoms with Crippen LogP contribution in [0.2, 0.25) is 5.02 Å². The number of aromatic nitrogens is 2. The first-order valence-electron chi connectivity index (χ1n) is 8.50. The molecular formula is C18H15ClF3N3O2S. The highest BCUT2D eigenvalue weighted by molar-refractivity contribution is 8.00. The van der Waals surface area contributed by atoms with E-state index in [0.717, 1.165) is 46.7 Å². The van der Waals surface area contributed by atoms with Crippen LogP contribution in [0.1, 0.15) is 12.8 Å². The number of pyridine rings is 1. The van der Waals surface area contributed by atoms with Gasteiger partial charge in [-0.05, 0) is 36.9 Å². The molecule has 148 valence electrons. The molecule has 5 nitrogen and oxygen atoms in total. The SMILES string of the molecule is FCCOc1cc(F)c(NSc2c[nH]c3c(OC4CC4)c(Cl)ccc23)nc1F. The third-order valence-corrected chi connectivity index (χ3v) is 5.17. The topological polar surface area (TPSA) is 59.2 Å². The molecule has 1 saturated carbocycles. The van der Waals surface area contributed by atoms with Crippen LogP contribution in [0, 0.1) is 11.8 Å². The van der Waals surface area contributed by atoms with Crippen molar-refractivity contribution < 1.29 is 22.6 Å². The molecule has 0 amide bonds. The third kappa shape index (κ3) is 3.95. The summed E-state index contributed by atoms with van der Waals surface area (Å²) in [6.07, 6.45) is 3.89. The maximum atomic E-state index is 14.1. The Morgan fingerprint density at radius 3 is 2.89 bits per heavy atom. The lowest BCUT2D eigenvalue weighted by Gasteiger charge is -2.10. The molecule has 3 aromatic rings. The number of halogens is 4. The summed E-state index contributed by atoms with van der Waals surface area (Å²) in [5, 5.41) is 1.32. The van der Waals surface area contributed by atoms with Crippen molar-refractivity contribution in [2.45, 2.75) is 23.8 Å². The second-order valence-electron chi connectivity index (χ2n) is 6.12. The fraction of sp³-hybridized carbons (Fsp3) is 0.278. The Balaban J connectivity index is 1.54. The van der Waals surface area contributed by atoms with Crippen LogP contribution < -0.4 is 14.2 Å². The van der Waals surface area contributed by atoms with Gasteiger partial charge in [0, 0.05) is 17.6 Å². The zero-order valence-electron chi connectivity index (χ0n) is 14.4. The molecule has 28 heavy (non-hydrogen) atoms. The van der Waals surface area contributed by atoms with Gasteiger partial charge >= 0.3 is 0 Å². The minimum Gasteiger partial charge on any atom is -0.487 e. The van der Waals surface area contributed by atoms with Crippen LogP contribution in [-0.4, -0.2) is 29.4 Å². The van der Waals surface area contributed by atoms with E-state index in [1.807, 2.05) is 6.07 Å². The second-order valence-corrected chi connectivity index (χ2v) is 7.37. The van der Waals surface area contributed by atoms with Crippen LogP contribution >= 0.6 is 23.5 Å². The number of hydrogen-bond acceptors (Lipinski definition) is 5. The Labute approximate surface area is 167 Å². The monoisotopic (exact) mass is 429 g/mol. The minimum absolute atomic E-state index is 0.181. The Hall–Kier alpha value is -2.26. The Kier molecular flexibility index (Phi) is 5.45. The molecule has 1 aromatic carbocycles. The summed E-state index contributed by atoms with van der Waals surface area (Å²) in [4.78, 5) is 7.35. The molecule has 0 saturated heterocycles. The van der Waals surface area contributed by atoms with Gasteiger partial charge in [-0.3, -0.25) is 0 Å². The van der Waals surface area contributed by atoms with E-state index < -0.39 is 24.2 Å². The van der Waals surface area contributed by atoms with Crippen molar-refractivity contribution in [1.29, 1.82) is 0 Å². The smallest absolute Gasteiger partial charge is 0.257 e. The molecule has 0 aliphatic heterocycles. The number of alkyl halides is 1. The normalized spacial score (nSPS) is 13.7. The summed E-state index contributed by atoms with van der Waals surface area (Å²) < 4.78 is 53.5. The van der Waals surface area contributed by atoms with Gasteiger partial charge in [-0.1, -0.05) is 11.6 Å². The van der Waals surface area contributed by atoms with Gasteiger partial charge in [0.05, 0.1) is 21.5 Å². The predicted octanol–water partition coefficient (Wildman–Crippen LogP) is 5.50. The lowest BCUT2D eigenvalue weighted by Crippen LogP contribution is -2.04. The predicted molar refractivity (Wildman–Crippen MR) is 102 cm³/mol. The molecule has 0 unspecified atom stereocenters. The maximum Gasteiger partial charge on any atom is 0.257 e. The molecule has 4 rings (SSSR count). The highest BCUT2D eigenvalue weighted by Crippen LogP contribution is 2.40. The zero-order valence-corrected chi connectivity index (χ0v) is 16.0. The summed E-state index contributed by atoms with van der Waals surface area (Å²) >= 11 is 7.30. The van der Waals surface area contributed by atoms with Crippen LogP contribution in [0.15, 0.2) is 29.3 Å². The molecule has 2 aromatic heterocycles. The van der Waals surface area contributed by atoms with E-state index in [-0.39, 0.29) is 18.5 Å². The summed E-state index contributed by atoms with van der Waals surface area (Å²) in [6, 6.07) is 4.38. The van der Waals surface area contributed by atoms with Gasteiger partial charge < -0.3 is 19.2 Å². The first kappa shape index (κ1) is 19.1. The van der Waals surface area contributed by atoms with E-state index in [0.29, 0.717) is 10.8 Å². The average molecular weight is 430 g/mol. The quantitative estimate of drug-likeness (QED) is 0.365. The first-order chi connectivity index (χ1) is 13.6. The van der Waals surface area contributed by atoms with Gasteiger partial charge in [-0.15, -0.1) is 0 Å².